The van der Waals surface area contributed by atoms with Crippen LogP contribution in [-0.2, 0) is 11.3 Å². The monoisotopic (exact) mass is 207 g/mol. The molecule has 0 amide bonds. The molecular formula is C11H13NO3. The maximum absolute atomic E-state index is 11.3. The number of nitrogens with zero attached hydrogens (tertiary/aromatic N) is 1. The standard InChI is InChI=1S/C11H13NO3/c1-15-11(14)10-5-7(6-13)4-9(12-10)8-2-3-8/h4-5,8,13H,2-3,6H2,1H3. The van der Waals surface area contributed by atoms with Crippen LogP contribution in [0.4, 0.5) is 0 Å². The zero-order valence-corrected chi connectivity index (χ0v) is 8.56. The Hall–Kier alpha value is -1.42. The van der Waals surface area contributed by atoms with Crippen LogP contribution in [0.2, 0.25) is 0 Å². The average molecular weight is 207 g/mol. The molecule has 1 aliphatic carbocycles. The first-order chi connectivity index (χ1) is 7.24. The Morgan fingerprint density at radius 3 is 2.87 bits per heavy atom. The van der Waals surface area contributed by atoms with E-state index in [9.17, 15) is 4.79 Å². The van der Waals surface area contributed by atoms with Gasteiger partial charge in [0.05, 0.1) is 13.7 Å². The van der Waals surface area contributed by atoms with Crippen LogP contribution in [-0.4, -0.2) is 23.2 Å². The molecule has 0 aliphatic heterocycles. The first-order valence-corrected chi connectivity index (χ1v) is 4.94. The molecule has 0 unspecified atom stereocenters. The molecule has 1 aromatic heterocycles. The van der Waals surface area contributed by atoms with Gasteiger partial charge in [-0.25, -0.2) is 9.78 Å². The highest BCUT2D eigenvalue weighted by Crippen LogP contribution is 2.39. The lowest BCUT2D eigenvalue weighted by atomic mass is 10.1. The van der Waals surface area contributed by atoms with Crippen LogP contribution in [0.5, 0.6) is 0 Å². The van der Waals surface area contributed by atoms with Gasteiger partial charge in [0, 0.05) is 11.6 Å². The van der Waals surface area contributed by atoms with Crippen LogP contribution >= 0.6 is 0 Å². The van der Waals surface area contributed by atoms with Crippen molar-refractivity contribution in [2.45, 2.75) is 25.4 Å². The van der Waals surface area contributed by atoms with Gasteiger partial charge >= 0.3 is 5.97 Å². The predicted octanol–water partition coefficient (Wildman–Crippen LogP) is 1.24. The molecule has 0 bridgehead atoms. The first kappa shape index (κ1) is 10.1. The third kappa shape index (κ3) is 2.15. The Kier molecular flexibility index (Phi) is 2.68. The summed E-state index contributed by atoms with van der Waals surface area (Å²) in [7, 11) is 1.33. The van der Waals surface area contributed by atoms with Crippen LogP contribution < -0.4 is 0 Å². The number of aromatic nitrogens is 1. The van der Waals surface area contributed by atoms with Crippen LogP contribution in [0, 0.1) is 0 Å². The van der Waals surface area contributed by atoms with Gasteiger partial charge in [-0.3, -0.25) is 0 Å². The van der Waals surface area contributed by atoms with E-state index in [1.807, 2.05) is 6.07 Å². The van der Waals surface area contributed by atoms with E-state index in [1.54, 1.807) is 6.07 Å². The van der Waals surface area contributed by atoms with E-state index in [1.165, 1.54) is 7.11 Å². The van der Waals surface area contributed by atoms with E-state index >= 15 is 0 Å². The minimum atomic E-state index is -0.452. The van der Waals surface area contributed by atoms with Crippen molar-refractivity contribution in [1.29, 1.82) is 0 Å². The molecule has 15 heavy (non-hydrogen) atoms. The summed E-state index contributed by atoms with van der Waals surface area (Å²) in [5.74, 6) is 0.00658. The molecular weight excluding hydrogens is 194 g/mol. The summed E-state index contributed by atoms with van der Waals surface area (Å²) >= 11 is 0. The number of hydrogen-bond acceptors (Lipinski definition) is 4. The van der Waals surface area contributed by atoms with E-state index in [0.29, 0.717) is 11.5 Å². The van der Waals surface area contributed by atoms with Crippen molar-refractivity contribution in [2.24, 2.45) is 0 Å². The number of methoxy groups -OCH3 is 1. The Labute approximate surface area is 87.9 Å². The Balaban J connectivity index is 2.36. The zero-order valence-electron chi connectivity index (χ0n) is 8.56. The van der Waals surface area contributed by atoms with Gasteiger partial charge in [0.1, 0.15) is 5.69 Å². The number of aliphatic hydroxyl groups excluding tert-OH is 1. The molecule has 2 rings (SSSR count). The Bertz CT molecular complexity index is 385. The largest absolute Gasteiger partial charge is 0.464 e. The summed E-state index contributed by atoms with van der Waals surface area (Å²) in [4.78, 5) is 15.5. The fourth-order valence-electron chi connectivity index (χ4n) is 1.50. The fraction of sp³-hybridized carbons (Fsp3) is 0.455. The quantitative estimate of drug-likeness (QED) is 0.757. The zero-order chi connectivity index (χ0) is 10.8. The number of aliphatic hydroxyl groups is 1. The number of ether oxygens (including phenoxy) is 1. The molecule has 4 nitrogen and oxygen atoms in total. The van der Waals surface area contributed by atoms with Crippen LogP contribution in [0.1, 0.15) is 40.5 Å². The van der Waals surface area contributed by atoms with E-state index in [4.69, 9.17) is 5.11 Å². The summed E-state index contributed by atoms with van der Waals surface area (Å²) in [6, 6.07) is 3.42. The highest BCUT2D eigenvalue weighted by molar-refractivity contribution is 5.87. The number of carbonyl (C=O) groups is 1. The Morgan fingerprint density at radius 1 is 1.60 bits per heavy atom. The molecule has 1 fully saturated rings. The SMILES string of the molecule is COC(=O)c1cc(CO)cc(C2CC2)n1. The lowest BCUT2D eigenvalue weighted by Crippen LogP contribution is -2.07. The highest BCUT2D eigenvalue weighted by Gasteiger charge is 2.26. The maximum atomic E-state index is 11.3. The summed E-state index contributed by atoms with van der Waals surface area (Å²) in [6.07, 6.45) is 2.23. The van der Waals surface area contributed by atoms with Crippen molar-refractivity contribution in [3.8, 4) is 0 Å². The molecule has 1 N–H and O–H groups in total. The van der Waals surface area contributed by atoms with Gasteiger partial charge in [-0.05, 0) is 30.5 Å². The number of carbonyl (C=O) groups excluding carboxylic acids is 1. The van der Waals surface area contributed by atoms with Gasteiger partial charge in [0.15, 0.2) is 0 Å². The van der Waals surface area contributed by atoms with Gasteiger partial charge in [-0.1, -0.05) is 0 Å². The van der Waals surface area contributed by atoms with Crippen molar-refractivity contribution >= 4 is 5.97 Å². The molecule has 0 spiro atoms. The highest BCUT2D eigenvalue weighted by atomic mass is 16.5. The van der Waals surface area contributed by atoms with E-state index in [-0.39, 0.29) is 12.3 Å². The van der Waals surface area contributed by atoms with Crippen LogP contribution in [0.3, 0.4) is 0 Å². The number of esters is 1. The first-order valence-electron chi connectivity index (χ1n) is 4.94. The lowest BCUT2D eigenvalue weighted by Gasteiger charge is -2.05. The number of rotatable bonds is 3. The van der Waals surface area contributed by atoms with Gasteiger partial charge < -0.3 is 9.84 Å². The van der Waals surface area contributed by atoms with E-state index < -0.39 is 5.97 Å². The second-order valence-electron chi connectivity index (χ2n) is 3.71. The smallest absolute Gasteiger partial charge is 0.356 e. The summed E-state index contributed by atoms with van der Waals surface area (Å²) < 4.78 is 4.61. The molecule has 0 saturated heterocycles. The van der Waals surface area contributed by atoms with Crippen molar-refractivity contribution in [1.82, 2.24) is 4.98 Å². The molecule has 1 aromatic rings. The minimum Gasteiger partial charge on any atom is -0.464 e. The molecule has 0 atom stereocenters. The van der Waals surface area contributed by atoms with Gasteiger partial charge in [0.25, 0.3) is 0 Å². The van der Waals surface area contributed by atoms with Crippen LogP contribution in [0.25, 0.3) is 0 Å². The minimum absolute atomic E-state index is 0.0771. The molecule has 1 heterocycles. The number of hydrogen-bond donors (Lipinski definition) is 1. The second kappa shape index (κ2) is 3.98. The Morgan fingerprint density at radius 2 is 2.33 bits per heavy atom. The normalized spacial score (nSPS) is 15.1. The summed E-state index contributed by atoms with van der Waals surface area (Å²) in [5.41, 5.74) is 1.89. The molecule has 4 heteroatoms. The van der Waals surface area contributed by atoms with E-state index in [2.05, 4.69) is 9.72 Å². The molecule has 1 saturated carbocycles. The molecule has 0 radical (unpaired) electrons. The summed E-state index contributed by atoms with van der Waals surface area (Å²) in [6.45, 7) is -0.0771. The van der Waals surface area contributed by atoms with E-state index in [0.717, 1.165) is 18.5 Å². The van der Waals surface area contributed by atoms with Gasteiger partial charge in [0.2, 0.25) is 0 Å². The van der Waals surface area contributed by atoms with Crippen molar-refractivity contribution in [3.63, 3.8) is 0 Å². The fourth-order valence-corrected chi connectivity index (χ4v) is 1.50. The molecule has 1 aliphatic rings. The predicted molar refractivity (Wildman–Crippen MR) is 53.5 cm³/mol. The lowest BCUT2D eigenvalue weighted by molar-refractivity contribution is 0.0593. The third-order valence-corrected chi connectivity index (χ3v) is 2.48. The second-order valence-corrected chi connectivity index (χ2v) is 3.71. The molecule has 0 aromatic carbocycles. The number of pyridine rings is 1. The van der Waals surface area contributed by atoms with Crippen molar-refractivity contribution in [2.75, 3.05) is 7.11 Å². The summed E-state index contributed by atoms with van der Waals surface area (Å²) in [5, 5.41) is 9.06. The van der Waals surface area contributed by atoms with Gasteiger partial charge in [-0.15, -0.1) is 0 Å². The van der Waals surface area contributed by atoms with Crippen molar-refractivity contribution < 1.29 is 14.6 Å². The maximum Gasteiger partial charge on any atom is 0.356 e. The van der Waals surface area contributed by atoms with Gasteiger partial charge in [-0.2, -0.15) is 0 Å². The molecule has 80 valence electrons. The third-order valence-electron chi connectivity index (χ3n) is 2.48. The van der Waals surface area contributed by atoms with Crippen LogP contribution in [0.15, 0.2) is 12.1 Å². The van der Waals surface area contributed by atoms with Crippen molar-refractivity contribution in [3.05, 3.63) is 29.1 Å². The topological polar surface area (TPSA) is 59.4 Å². The average Bonchev–Trinajstić information content (AvgIpc) is 3.11.